The monoisotopic (exact) mass is 1490 g/mol. The van der Waals surface area contributed by atoms with Gasteiger partial charge in [-0.15, -0.1) is 0 Å². The van der Waals surface area contributed by atoms with E-state index in [1.54, 1.807) is 15.6 Å². The van der Waals surface area contributed by atoms with Gasteiger partial charge in [0.2, 0.25) is 0 Å². The Morgan fingerprint density at radius 1 is 0.414 bits per heavy atom. The van der Waals surface area contributed by atoms with Gasteiger partial charge in [0.15, 0.2) is 0 Å². The van der Waals surface area contributed by atoms with Crippen LogP contribution in [0.3, 0.4) is 0 Å². The third-order valence-corrected chi connectivity index (χ3v) is 21.2. The van der Waals surface area contributed by atoms with Crippen molar-refractivity contribution in [3.05, 3.63) is 213 Å². The van der Waals surface area contributed by atoms with Crippen LogP contribution in [0.2, 0.25) is 0 Å². The summed E-state index contributed by atoms with van der Waals surface area (Å²) in [6.45, 7) is 4.12. The van der Waals surface area contributed by atoms with Crippen LogP contribution in [0.25, 0.3) is 122 Å². The molecule has 0 spiro atoms. The molecule has 2 fully saturated rings. The lowest BCUT2D eigenvalue weighted by Crippen LogP contribution is -2.19. The Morgan fingerprint density at radius 2 is 0.802 bits per heavy atom. The Bertz CT molecular complexity index is 5870. The van der Waals surface area contributed by atoms with Crippen molar-refractivity contribution in [3.8, 4) is 61.4 Å². The number of aliphatic hydroxyl groups is 2. The Hall–Kier alpha value is -12.0. The first kappa shape index (κ1) is 74.4. The molecule has 0 atom stereocenters. The molecule has 19 rings (SSSR count). The number of hydrogen-bond acceptors (Lipinski definition) is 13. The first-order valence-corrected chi connectivity index (χ1v) is 39.0. The summed E-state index contributed by atoms with van der Waals surface area (Å²) in [6.07, 6.45) is 60.8. The lowest BCUT2D eigenvalue weighted by Gasteiger charge is -2.25. The van der Waals surface area contributed by atoms with Gasteiger partial charge in [-0.3, -0.25) is 23.4 Å². The minimum absolute atomic E-state index is 0.0892. The van der Waals surface area contributed by atoms with Gasteiger partial charge in [-0.05, 0) is 159 Å². The topological polar surface area (TPSA) is 287 Å². The van der Waals surface area contributed by atoms with Crippen LogP contribution >= 0.6 is 0 Å². The molecule has 2 aliphatic rings. The molecule has 0 bridgehead atoms. The number of ether oxygens (including phenoxy) is 1. The third kappa shape index (κ3) is 18.3. The predicted molar refractivity (Wildman–Crippen MR) is 440 cm³/mol. The number of hydrogen-bond donors (Lipinski definition) is 7. The molecule has 16 aromatic heterocycles. The number of aryl methyl sites for hydroxylation is 7. The Morgan fingerprint density at radius 3 is 1.24 bits per heavy atom. The SMILES string of the molecule is CCCCCCCCc1cnc2[nH]cc(-c3cnn(C)c3)c2c1.Cn1cc(-c2c[nH]c3ncc(CC4CCC(O)CC4)cc23)cn1.Cn1cc(-c2c[nH]c3ncc(CCCCO)cc23)cn1.Cn1cc(-c2c[nH]c3ncc(Cn4ccc5ccccc54)cc23)cn1.Cn1cc(-c2c[nH]c3ncc(OCC4CC4)cc23)cn1. The molecule has 2 saturated carbocycles. The number of unbranched alkanes of at least 4 members (excludes halogenated alkanes) is 6. The number of benzene rings is 1. The van der Waals surface area contributed by atoms with Gasteiger partial charge in [0.05, 0.1) is 49.9 Å². The second kappa shape index (κ2) is 34.7. The van der Waals surface area contributed by atoms with Crippen molar-refractivity contribution >= 4 is 66.1 Å². The van der Waals surface area contributed by atoms with Crippen LogP contribution in [-0.2, 0) is 61.0 Å². The summed E-state index contributed by atoms with van der Waals surface area (Å²) >= 11 is 0. The van der Waals surface area contributed by atoms with Crippen molar-refractivity contribution in [2.24, 2.45) is 47.1 Å². The minimum atomic E-state index is -0.0892. The van der Waals surface area contributed by atoms with Gasteiger partial charge < -0.3 is 44.4 Å². The summed E-state index contributed by atoms with van der Waals surface area (Å²) in [6, 6.07) is 21.6. The minimum Gasteiger partial charge on any atom is -0.492 e. The second-order valence-electron chi connectivity index (χ2n) is 29.9. The maximum absolute atomic E-state index is 9.65. The van der Waals surface area contributed by atoms with E-state index < -0.39 is 0 Å². The number of H-pyrrole nitrogens is 5. The molecule has 0 radical (unpaired) electrons. The Balaban J connectivity index is 0.000000110. The molecular formula is C87H99N21O3. The highest BCUT2D eigenvalue weighted by atomic mass is 16.5. The number of aliphatic hydroxyl groups excluding tert-OH is 2. The number of para-hydroxylation sites is 1. The standard InChI is InChI=1S/C20H17N5.C19H26N4.C18H22N4O.C15H16N4O.C15H18N4O/c1-24-13-16(10-23-24)18-11-22-20-17(18)8-14(9-21-20)12-25-7-6-15-4-2-3-5-19(15)25;1-3-4-5-6-7-8-9-15-10-17-18(13-21-19(17)20-11-15)16-12-22-23(2)14-16;1-22-11-14(9-21-22)17-10-20-18-16(17)7-13(8-19-18)6-12-2-4-15(23)5-3-12;1-19-8-11(5-18-19)14-7-17-15-13(14)4-12(6-16-15)20-9-10-2-3-10;1-19-10-12(8-18-19)14-9-17-15-13(14)6-11(7-16-15)4-2-3-5-20/h2-11,13H,12H2,1H3,(H,21,22);10-14H,3-9H2,1-2H3,(H,20,21);7-12,15,23H,2-6H2,1H3,(H,19,20);4-8,10H,2-3,9H2,1H3,(H,16,17);6-10,20H,2-5H2,1H3,(H,16,17). The first-order valence-electron chi connectivity index (χ1n) is 39.0. The molecule has 1 aromatic carbocycles. The summed E-state index contributed by atoms with van der Waals surface area (Å²) < 4.78 is 17.1. The molecule has 17 aromatic rings. The summed E-state index contributed by atoms with van der Waals surface area (Å²) in [5.74, 6) is 2.25. The smallest absolute Gasteiger partial charge is 0.138 e. The van der Waals surface area contributed by atoms with Crippen LogP contribution in [-0.4, -0.2) is 133 Å². The van der Waals surface area contributed by atoms with Crippen molar-refractivity contribution in [2.45, 2.75) is 129 Å². The van der Waals surface area contributed by atoms with Gasteiger partial charge in [-0.25, -0.2) is 24.9 Å². The molecule has 16 heterocycles. The van der Waals surface area contributed by atoms with E-state index in [4.69, 9.17) is 9.84 Å². The van der Waals surface area contributed by atoms with Crippen molar-refractivity contribution in [1.82, 2.24) is 103 Å². The molecule has 111 heavy (non-hydrogen) atoms. The van der Waals surface area contributed by atoms with Crippen molar-refractivity contribution in [1.29, 1.82) is 0 Å². The van der Waals surface area contributed by atoms with E-state index in [9.17, 15) is 5.11 Å². The van der Waals surface area contributed by atoms with Crippen LogP contribution in [0.1, 0.15) is 119 Å². The summed E-state index contributed by atoms with van der Waals surface area (Å²) in [7, 11) is 9.64. The average Bonchev–Trinajstić information content (AvgIpc) is 1.66. The molecule has 0 aliphatic heterocycles. The second-order valence-corrected chi connectivity index (χ2v) is 29.9. The maximum Gasteiger partial charge on any atom is 0.138 e. The number of aromatic amines is 5. The number of pyridine rings is 5. The van der Waals surface area contributed by atoms with Gasteiger partial charge in [-0.2, -0.15) is 25.5 Å². The van der Waals surface area contributed by atoms with Crippen molar-refractivity contribution in [3.63, 3.8) is 0 Å². The fourth-order valence-corrected chi connectivity index (χ4v) is 14.9. The zero-order valence-corrected chi connectivity index (χ0v) is 64.2. The zero-order chi connectivity index (χ0) is 76.2. The van der Waals surface area contributed by atoms with Crippen LogP contribution in [0.5, 0.6) is 5.75 Å². The van der Waals surface area contributed by atoms with Gasteiger partial charge >= 0.3 is 0 Å². The normalized spacial score (nSPS) is 14.2. The molecule has 24 nitrogen and oxygen atoms in total. The van der Waals surface area contributed by atoms with Gasteiger partial charge in [0, 0.05) is 229 Å². The quantitative estimate of drug-likeness (QED) is 0.0294. The largest absolute Gasteiger partial charge is 0.492 e. The highest BCUT2D eigenvalue weighted by molar-refractivity contribution is 5.97. The highest BCUT2D eigenvalue weighted by Gasteiger charge is 2.24. The average molecular weight is 1490 g/mol. The molecule has 0 unspecified atom stereocenters. The molecule has 570 valence electrons. The van der Waals surface area contributed by atoms with Crippen molar-refractivity contribution in [2.75, 3.05) is 13.2 Å². The van der Waals surface area contributed by atoms with Gasteiger partial charge in [0.25, 0.3) is 0 Å². The summed E-state index contributed by atoms with van der Waals surface area (Å²) in [5.41, 5.74) is 22.0. The van der Waals surface area contributed by atoms with Crippen LogP contribution < -0.4 is 4.74 Å². The van der Waals surface area contributed by atoms with Crippen LogP contribution in [0, 0.1) is 11.8 Å². The number of aromatic nitrogens is 21. The van der Waals surface area contributed by atoms with E-state index >= 15 is 0 Å². The summed E-state index contributed by atoms with van der Waals surface area (Å²) in [4.78, 5) is 38.8. The number of fused-ring (bicyclic) bond motifs is 6. The maximum atomic E-state index is 9.65. The Kier molecular flexibility index (Phi) is 23.3. The van der Waals surface area contributed by atoms with Crippen LogP contribution in [0.15, 0.2) is 191 Å². The molecule has 2 aliphatic carbocycles. The first-order chi connectivity index (χ1) is 54.3. The van der Waals surface area contributed by atoms with E-state index in [2.05, 4.69) is 154 Å². The molecule has 7 N–H and O–H groups in total. The van der Waals surface area contributed by atoms with E-state index in [0.717, 1.165) is 182 Å². The van der Waals surface area contributed by atoms with E-state index in [1.165, 1.54) is 95.5 Å². The number of nitrogens with one attached hydrogen (secondary N) is 5. The van der Waals surface area contributed by atoms with Gasteiger partial charge in [0.1, 0.15) is 34.0 Å². The molecule has 0 saturated heterocycles. The number of rotatable bonds is 23. The molecule has 0 amide bonds. The third-order valence-electron chi connectivity index (χ3n) is 21.2. The summed E-state index contributed by atoms with van der Waals surface area (Å²) in [5, 5.41) is 46.7. The highest BCUT2D eigenvalue weighted by Crippen LogP contribution is 2.36. The number of nitrogens with zero attached hydrogens (tertiary/aromatic N) is 16. The van der Waals surface area contributed by atoms with Crippen LogP contribution in [0.4, 0.5) is 0 Å². The van der Waals surface area contributed by atoms with E-state index in [0.29, 0.717) is 5.92 Å². The van der Waals surface area contributed by atoms with Crippen molar-refractivity contribution < 1.29 is 14.9 Å². The molecular weight excluding hydrogens is 1390 g/mol. The van der Waals surface area contributed by atoms with E-state index in [1.807, 2.05) is 167 Å². The zero-order valence-electron chi connectivity index (χ0n) is 64.2. The lowest BCUT2D eigenvalue weighted by molar-refractivity contribution is 0.108. The van der Waals surface area contributed by atoms with Gasteiger partial charge in [-0.1, -0.05) is 57.2 Å². The molecule has 24 heteroatoms. The van der Waals surface area contributed by atoms with E-state index in [-0.39, 0.29) is 12.7 Å². The lowest BCUT2D eigenvalue weighted by atomic mass is 9.83. The fourth-order valence-electron chi connectivity index (χ4n) is 14.9. The Labute approximate surface area is 644 Å². The fraction of sp³-hybridized carbons (Fsp3) is 0.333. The predicted octanol–water partition coefficient (Wildman–Crippen LogP) is 16.9.